The van der Waals surface area contributed by atoms with Gasteiger partial charge in [-0.2, -0.15) is 0 Å². The molecular formula is C15H21NO4. The van der Waals surface area contributed by atoms with Crippen molar-refractivity contribution in [2.75, 3.05) is 14.2 Å². The van der Waals surface area contributed by atoms with Crippen LogP contribution in [0.3, 0.4) is 0 Å². The van der Waals surface area contributed by atoms with Crippen LogP contribution in [0.5, 0.6) is 11.5 Å². The summed E-state index contributed by atoms with van der Waals surface area (Å²) in [6.45, 7) is 0. The SMILES string of the molecule is COc1ccc(OC)c(C(=O)N[C@H]2CCCC[C@@H]2O)c1. The van der Waals surface area contributed by atoms with Crippen molar-refractivity contribution < 1.29 is 19.4 Å². The van der Waals surface area contributed by atoms with Crippen LogP contribution in [0.1, 0.15) is 36.0 Å². The van der Waals surface area contributed by atoms with Crippen molar-refractivity contribution >= 4 is 5.91 Å². The molecule has 0 saturated heterocycles. The lowest BCUT2D eigenvalue weighted by Gasteiger charge is -2.28. The topological polar surface area (TPSA) is 67.8 Å². The Morgan fingerprint density at radius 2 is 2.00 bits per heavy atom. The number of carbonyl (C=O) groups excluding carboxylic acids is 1. The van der Waals surface area contributed by atoms with Gasteiger partial charge in [-0.3, -0.25) is 4.79 Å². The highest BCUT2D eigenvalue weighted by atomic mass is 16.5. The van der Waals surface area contributed by atoms with Gasteiger partial charge in [0.25, 0.3) is 5.91 Å². The van der Waals surface area contributed by atoms with Crippen LogP contribution in [0.2, 0.25) is 0 Å². The molecule has 5 nitrogen and oxygen atoms in total. The highest BCUT2D eigenvalue weighted by Gasteiger charge is 2.26. The lowest BCUT2D eigenvalue weighted by atomic mass is 9.92. The average Bonchev–Trinajstić information content (AvgIpc) is 2.48. The molecule has 0 spiro atoms. The predicted molar refractivity (Wildman–Crippen MR) is 75.3 cm³/mol. The molecule has 110 valence electrons. The van der Waals surface area contributed by atoms with E-state index in [4.69, 9.17) is 9.47 Å². The molecule has 0 radical (unpaired) electrons. The number of aliphatic hydroxyl groups is 1. The lowest BCUT2D eigenvalue weighted by Crippen LogP contribution is -2.45. The van der Waals surface area contributed by atoms with Crippen LogP contribution in [0.4, 0.5) is 0 Å². The van der Waals surface area contributed by atoms with Crippen LogP contribution in [-0.2, 0) is 0 Å². The molecule has 1 fully saturated rings. The van der Waals surface area contributed by atoms with E-state index in [1.807, 2.05) is 0 Å². The first-order valence-corrected chi connectivity index (χ1v) is 6.86. The van der Waals surface area contributed by atoms with Crippen molar-refractivity contribution in [2.45, 2.75) is 37.8 Å². The molecule has 2 rings (SSSR count). The van der Waals surface area contributed by atoms with Crippen LogP contribution in [0.15, 0.2) is 18.2 Å². The minimum atomic E-state index is -0.468. The molecule has 1 aromatic rings. The fraction of sp³-hybridized carbons (Fsp3) is 0.533. The summed E-state index contributed by atoms with van der Waals surface area (Å²) in [7, 11) is 3.07. The van der Waals surface area contributed by atoms with E-state index in [2.05, 4.69) is 5.32 Å². The summed E-state index contributed by atoms with van der Waals surface area (Å²) in [5, 5.41) is 12.8. The van der Waals surface area contributed by atoms with Crippen molar-refractivity contribution in [1.29, 1.82) is 0 Å². The maximum Gasteiger partial charge on any atom is 0.255 e. The second kappa shape index (κ2) is 6.61. The van der Waals surface area contributed by atoms with Gasteiger partial charge in [0.1, 0.15) is 11.5 Å². The van der Waals surface area contributed by atoms with Crippen molar-refractivity contribution in [3.05, 3.63) is 23.8 Å². The molecule has 0 aromatic heterocycles. The van der Waals surface area contributed by atoms with Gasteiger partial charge in [-0.05, 0) is 31.0 Å². The van der Waals surface area contributed by atoms with Gasteiger partial charge >= 0.3 is 0 Å². The zero-order valence-electron chi connectivity index (χ0n) is 11.9. The normalized spacial score (nSPS) is 22.1. The Labute approximate surface area is 118 Å². The van der Waals surface area contributed by atoms with Gasteiger partial charge in [-0.1, -0.05) is 12.8 Å². The molecule has 0 bridgehead atoms. The standard InChI is InChI=1S/C15H21NO4/c1-19-10-7-8-14(20-2)11(9-10)15(18)16-12-5-3-4-6-13(12)17/h7-9,12-13,17H,3-6H2,1-2H3,(H,16,18)/t12-,13-/m0/s1. The second-order valence-electron chi connectivity index (χ2n) is 5.00. The Balaban J connectivity index is 2.15. The summed E-state index contributed by atoms with van der Waals surface area (Å²) in [5.41, 5.74) is 0.421. The maximum atomic E-state index is 12.3. The van der Waals surface area contributed by atoms with Gasteiger partial charge in [0.2, 0.25) is 0 Å². The van der Waals surface area contributed by atoms with E-state index in [1.165, 1.54) is 7.11 Å². The number of benzene rings is 1. The molecule has 1 aromatic carbocycles. The van der Waals surface area contributed by atoms with Crippen molar-refractivity contribution in [3.63, 3.8) is 0 Å². The number of hydrogen-bond donors (Lipinski definition) is 2. The smallest absolute Gasteiger partial charge is 0.255 e. The van der Waals surface area contributed by atoms with Crippen LogP contribution in [0, 0.1) is 0 Å². The van der Waals surface area contributed by atoms with E-state index in [9.17, 15) is 9.90 Å². The second-order valence-corrected chi connectivity index (χ2v) is 5.00. The van der Waals surface area contributed by atoms with Crippen molar-refractivity contribution in [2.24, 2.45) is 0 Å². The van der Waals surface area contributed by atoms with Crippen LogP contribution in [0.25, 0.3) is 0 Å². The molecule has 5 heteroatoms. The molecule has 0 unspecified atom stereocenters. The average molecular weight is 279 g/mol. The Hall–Kier alpha value is -1.75. The van der Waals surface area contributed by atoms with Gasteiger partial charge in [0, 0.05) is 0 Å². The third-order valence-corrected chi connectivity index (χ3v) is 3.70. The number of rotatable bonds is 4. The number of hydrogen-bond acceptors (Lipinski definition) is 4. The summed E-state index contributed by atoms with van der Waals surface area (Å²) in [6.07, 6.45) is 3.11. The quantitative estimate of drug-likeness (QED) is 0.881. The van der Waals surface area contributed by atoms with E-state index >= 15 is 0 Å². The van der Waals surface area contributed by atoms with Gasteiger partial charge in [0.05, 0.1) is 31.9 Å². The molecular weight excluding hydrogens is 258 g/mol. The summed E-state index contributed by atoms with van der Waals surface area (Å²) >= 11 is 0. The summed E-state index contributed by atoms with van der Waals surface area (Å²) in [5.74, 6) is 0.848. The van der Waals surface area contributed by atoms with E-state index in [0.717, 1.165) is 25.7 Å². The maximum absolute atomic E-state index is 12.3. The first-order chi connectivity index (χ1) is 9.65. The third-order valence-electron chi connectivity index (χ3n) is 3.70. The number of nitrogens with one attached hydrogen (secondary N) is 1. The first-order valence-electron chi connectivity index (χ1n) is 6.86. The minimum absolute atomic E-state index is 0.188. The molecule has 1 amide bonds. The molecule has 1 aliphatic carbocycles. The number of methoxy groups -OCH3 is 2. The Morgan fingerprint density at radius 3 is 2.65 bits per heavy atom. The van der Waals surface area contributed by atoms with E-state index in [-0.39, 0.29) is 11.9 Å². The summed E-state index contributed by atoms with van der Waals surface area (Å²) in [6, 6.07) is 4.90. The van der Waals surface area contributed by atoms with Crippen molar-refractivity contribution in [1.82, 2.24) is 5.32 Å². The van der Waals surface area contributed by atoms with Gasteiger partial charge in [-0.15, -0.1) is 0 Å². The molecule has 0 heterocycles. The number of carbonyl (C=O) groups is 1. The lowest BCUT2D eigenvalue weighted by molar-refractivity contribution is 0.0715. The Morgan fingerprint density at radius 1 is 1.25 bits per heavy atom. The number of ether oxygens (including phenoxy) is 2. The van der Waals surface area contributed by atoms with Gasteiger partial charge in [0.15, 0.2) is 0 Å². The van der Waals surface area contributed by atoms with Crippen molar-refractivity contribution in [3.8, 4) is 11.5 Å². The predicted octanol–water partition coefficient (Wildman–Crippen LogP) is 1.74. The fourth-order valence-electron chi connectivity index (χ4n) is 2.52. The molecule has 1 aliphatic rings. The van der Waals surface area contributed by atoms with Crippen LogP contribution >= 0.6 is 0 Å². The zero-order chi connectivity index (χ0) is 14.5. The molecule has 0 aliphatic heterocycles. The largest absolute Gasteiger partial charge is 0.497 e. The first kappa shape index (κ1) is 14.7. The van der Waals surface area contributed by atoms with E-state index in [1.54, 1.807) is 25.3 Å². The zero-order valence-corrected chi connectivity index (χ0v) is 11.9. The third kappa shape index (κ3) is 3.22. The monoisotopic (exact) mass is 279 g/mol. The highest BCUT2D eigenvalue weighted by molar-refractivity contribution is 5.97. The highest BCUT2D eigenvalue weighted by Crippen LogP contribution is 2.25. The molecule has 2 N–H and O–H groups in total. The van der Waals surface area contributed by atoms with E-state index in [0.29, 0.717) is 17.1 Å². The Bertz CT molecular complexity index is 475. The van der Waals surface area contributed by atoms with Crippen LogP contribution < -0.4 is 14.8 Å². The molecule has 20 heavy (non-hydrogen) atoms. The fourth-order valence-corrected chi connectivity index (χ4v) is 2.52. The summed E-state index contributed by atoms with van der Waals surface area (Å²) in [4.78, 5) is 12.3. The Kier molecular flexibility index (Phi) is 4.84. The number of aliphatic hydroxyl groups excluding tert-OH is 1. The van der Waals surface area contributed by atoms with Gasteiger partial charge in [-0.25, -0.2) is 0 Å². The van der Waals surface area contributed by atoms with E-state index < -0.39 is 6.10 Å². The van der Waals surface area contributed by atoms with Gasteiger partial charge < -0.3 is 19.9 Å². The van der Waals surface area contributed by atoms with Crippen LogP contribution in [-0.4, -0.2) is 37.4 Å². The molecule has 1 saturated carbocycles. The number of amides is 1. The summed E-state index contributed by atoms with van der Waals surface area (Å²) < 4.78 is 10.3. The molecule has 2 atom stereocenters. The minimum Gasteiger partial charge on any atom is -0.497 e.